The number of methoxy groups -OCH3 is 1. The van der Waals surface area contributed by atoms with Gasteiger partial charge in [-0.1, -0.05) is 19.1 Å². The molecule has 0 fully saturated rings. The Bertz CT molecular complexity index is 437. The summed E-state index contributed by atoms with van der Waals surface area (Å²) in [6.45, 7) is 7.72. The van der Waals surface area contributed by atoms with Gasteiger partial charge in [0.25, 0.3) is 0 Å². The molecule has 1 unspecified atom stereocenters. The standard InChI is InChI=1S/C14H23N3OS/c1-5-11(3)17(8-9-18-4)14-12(13(15)19)7-6-10(2)16-14/h6-7,11H,5,8-9H2,1-4H3,(H2,15,19). The van der Waals surface area contributed by atoms with Crippen LogP contribution in [0.3, 0.4) is 0 Å². The highest BCUT2D eigenvalue weighted by atomic mass is 32.1. The molecule has 0 aliphatic rings. The highest BCUT2D eigenvalue weighted by Crippen LogP contribution is 2.22. The van der Waals surface area contributed by atoms with Crippen molar-refractivity contribution in [1.29, 1.82) is 0 Å². The van der Waals surface area contributed by atoms with Gasteiger partial charge in [0.1, 0.15) is 10.8 Å². The van der Waals surface area contributed by atoms with E-state index in [-0.39, 0.29) is 0 Å². The Labute approximate surface area is 121 Å². The maximum Gasteiger partial charge on any atom is 0.139 e. The number of pyridine rings is 1. The van der Waals surface area contributed by atoms with E-state index in [0.29, 0.717) is 17.6 Å². The molecule has 2 N–H and O–H groups in total. The smallest absolute Gasteiger partial charge is 0.139 e. The monoisotopic (exact) mass is 281 g/mol. The van der Waals surface area contributed by atoms with Gasteiger partial charge < -0.3 is 15.4 Å². The second-order valence-electron chi connectivity index (χ2n) is 4.63. The van der Waals surface area contributed by atoms with Crippen LogP contribution in [0.15, 0.2) is 12.1 Å². The van der Waals surface area contributed by atoms with E-state index in [1.54, 1.807) is 7.11 Å². The van der Waals surface area contributed by atoms with Crippen LogP contribution in [0.1, 0.15) is 31.5 Å². The highest BCUT2D eigenvalue weighted by Gasteiger charge is 2.19. The minimum Gasteiger partial charge on any atom is -0.389 e. The van der Waals surface area contributed by atoms with Crippen molar-refractivity contribution < 1.29 is 4.74 Å². The second-order valence-corrected chi connectivity index (χ2v) is 5.07. The minimum atomic E-state index is 0.359. The molecule has 0 saturated carbocycles. The van der Waals surface area contributed by atoms with E-state index in [0.717, 1.165) is 30.0 Å². The summed E-state index contributed by atoms with van der Waals surface area (Å²) < 4.78 is 5.19. The van der Waals surface area contributed by atoms with Crippen molar-refractivity contribution in [3.05, 3.63) is 23.4 Å². The zero-order valence-corrected chi connectivity index (χ0v) is 13.0. The van der Waals surface area contributed by atoms with Gasteiger partial charge in [-0.15, -0.1) is 0 Å². The number of hydrogen-bond acceptors (Lipinski definition) is 4. The molecule has 1 rings (SSSR count). The van der Waals surface area contributed by atoms with Gasteiger partial charge in [-0.05, 0) is 32.4 Å². The van der Waals surface area contributed by atoms with Gasteiger partial charge in [0, 0.05) is 25.4 Å². The number of rotatable bonds is 7. The van der Waals surface area contributed by atoms with E-state index >= 15 is 0 Å². The number of aryl methyl sites for hydroxylation is 1. The van der Waals surface area contributed by atoms with Crippen LogP contribution >= 0.6 is 12.2 Å². The lowest BCUT2D eigenvalue weighted by molar-refractivity contribution is 0.203. The minimum absolute atomic E-state index is 0.359. The Balaban J connectivity index is 3.19. The summed E-state index contributed by atoms with van der Waals surface area (Å²) in [5, 5.41) is 0. The average Bonchev–Trinajstić information content (AvgIpc) is 2.38. The molecule has 1 aromatic rings. The molecule has 1 aromatic heterocycles. The van der Waals surface area contributed by atoms with E-state index in [1.165, 1.54) is 0 Å². The molecule has 4 nitrogen and oxygen atoms in total. The zero-order chi connectivity index (χ0) is 14.4. The largest absolute Gasteiger partial charge is 0.389 e. The predicted molar refractivity (Wildman–Crippen MR) is 83.8 cm³/mol. The van der Waals surface area contributed by atoms with Crippen molar-refractivity contribution in [3.8, 4) is 0 Å². The van der Waals surface area contributed by atoms with Crippen molar-refractivity contribution in [2.45, 2.75) is 33.2 Å². The van der Waals surface area contributed by atoms with Crippen LogP contribution in [0.2, 0.25) is 0 Å². The van der Waals surface area contributed by atoms with E-state index in [1.807, 2.05) is 19.1 Å². The van der Waals surface area contributed by atoms with Gasteiger partial charge in [0.15, 0.2) is 0 Å². The number of nitrogens with zero attached hydrogens (tertiary/aromatic N) is 2. The number of aromatic nitrogens is 1. The first kappa shape index (κ1) is 15.9. The maximum absolute atomic E-state index is 5.81. The Hall–Kier alpha value is -1.20. The molecule has 1 heterocycles. The van der Waals surface area contributed by atoms with E-state index < -0.39 is 0 Å². The average molecular weight is 281 g/mol. The molecule has 106 valence electrons. The van der Waals surface area contributed by atoms with E-state index in [2.05, 4.69) is 23.7 Å². The molecule has 0 aromatic carbocycles. The van der Waals surface area contributed by atoms with Crippen LogP contribution in [-0.4, -0.2) is 36.3 Å². The van der Waals surface area contributed by atoms with Crippen LogP contribution in [0.4, 0.5) is 5.82 Å². The predicted octanol–water partition coefficient (Wildman–Crippen LogP) is 2.28. The van der Waals surface area contributed by atoms with Gasteiger partial charge in [0.05, 0.1) is 12.2 Å². The van der Waals surface area contributed by atoms with Crippen molar-refractivity contribution in [3.63, 3.8) is 0 Å². The van der Waals surface area contributed by atoms with Crippen LogP contribution in [0, 0.1) is 6.92 Å². The van der Waals surface area contributed by atoms with Gasteiger partial charge in [-0.3, -0.25) is 0 Å². The van der Waals surface area contributed by atoms with Crippen LogP contribution < -0.4 is 10.6 Å². The Morgan fingerprint density at radius 1 is 1.53 bits per heavy atom. The third kappa shape index (κ3) is 4.14. The van der Waals surface area contributed by atoms with Gasteiger partial charge in [-0.2, -0.15) is 0 Å². The number of anilines is 1. The lowest BCUT2D eigenvalue weighted by atomic mass is 10.1. The molecule has 0 spiro atoms. The Kier molecular flexibility index (Phi) is 6.18. The third-order valence-corrected chi connectivity index (χ3v) is 3.43. The summed E-state index contributed by atoms with van der Waals surface area (Å²) in [6, 6.07) is 4.24. The molecule has 0 bridgehead atoms. The van der Waals surface area contributed by atoms with E-state index in [9.17, 15) is 0 Å². The highest BCUT2D eigenvalue weighted by molar-refractivity contribution is 7.80. The molecule has 0 aliphatic heterocycles. The quantitative estimate of drug-likeness (QED) is 0.777. The number of nitrogens with two attached hydrogens (primary N) is 1. The van der Waals surface area contributed by atoms with Gasteiger partial charge in [0.2, 0.25) is 0 Å². The first-order valence-corrected chi connectivity index (χ1v) is 6.95. The molecule has 19 heavy (non-hydrogen) atoms. The molecular formula is C14H23N3OS. The lowest BCUT2D eigenvalue weighted by Gasteiger charge is -2.31. The molecule has 5 heteroatoms. The first-order chi connectivity index (χ1) is 9.01. The summed E-state index contributed by atoms with van der Waals surface area (Å²) >= 11 is 5.13. The molecule has 0 radical (unpaired) electrons. The van der Waals surface area contributed by atoms with Crippen molar-refractivity contribution in [2.24, 2.45) is 5.73 Å². The van der Waals surface area contributed by atoms with Crippen LogP contribution in [0.25, 0.3) is 0 Å². The van der Waals surface area contributed by atoms with Crippen LogP contribution in [0.5, 0.6) is 0 Å². The normalized spacial score (nSPS) is 12.2. The zero-order valence-electron chi connectivity index (χ0n) is 12.1. The SMILES string of the molecule is CCC(C)N(CCOC)c1nc(C)ccc1C(N)=S. The number of thiocarbonyl (C=S) groups is 1. The fraction of sp³-hybridized carbons (Fsp3) is 0.571. The third-order valence-electron chi connectivity index (χ3n) is 3.21. The summed E-state index contributed by atoms with van der Waals surface area (Å²) in [5.74, 6) is 0.860. The van der Waals surface area contributed by atoms with Crippen LogP contribution in [-0.2, 0) is 4.74 Å². The summed E-state index contributed by atoms with van der Waals surface area (Å²) in [4.78, 5) is 7.22. The molecule has 0 amide bonds. The van der Waals surface area contributed by atoms with Gasteiger partial charge >= 0.3 is 0 Å². The van der Waals surface area contributed by atoms with Gasteiger partial charge in [-0.25, -0.2) is 4.98 Å². The van der Waals surface area contributed by atoms with E-state index in [4.69, 9.17) is 22.7 Å². The molecule has 1 atom stereocenters. The summed E-state index contributed by atoms with van der Waals surface area (Å²) in [7, 11) is 1.70. The second kappa shape index (κ2) is 7.40. The Morgan fingerprint density at radius 3 is 2.74 bits per heavy atom. The fourth-order valence-corrected chi connectivity index (χ4v) is 2.06. The summed E-state index contributed by atoms with van der Waals surface area (Å²) in [6.07, 6.45) is 1.02. The van der Waals surface area contributed by atoms with Crippen molar-refractivity contribution in [2.75, 3.05) is 25.2 Å². The van der Waals surface area contributed by atoms with Crippen molar-refractivity contribution in [1.82, 2.24) is 4.98 Å². The Morgan fingerprint density at radius 2 is 2.21 bits per heavy atom. The molecular weight excluding hydrogens is 258 g/mol. The topological polar surface area (TPSA) is 51.4 Å². The number of ether oxygens (including phenoxy) is 1. The maximum atomic E-state index is 5.81. The number of hydrogen-bond donors (Lipinski definition) is 1. The lowest BCUT2D eigenvalue weighted by Crippen LogP contribution is -2.37. The summed E-state index contributed by atoms with van der Waals surface area (Å²) in [5.41, 5.74) is 7.60. The molecule has 0 aliphatic carbocycles. The van der Waals surface area contributed by atoms with Crippen molar-refractivity contribution >= 4 is 23.0 Å². The first-order valence-electron chi connectivity index (χ1n) is 6.54. The fourth-order valence-electron chi connectivity index (χ4n) is 1.90. The molecule has 0 saturated heterocycles.